The monoisotopic (exact) mass is 589 g/mol. The molecule has 0 spiro atoms. The van der Waals surface area contributed by atoms with Gasteiger partial charge in [0.2, 0.25) is 0 Å². The molecule has 0 saturated heterocycles. The minimum Gasteiger partial charge on any atom is -0.478 e. The van der Waals surface area contributed by atoms with E-state index in [4.69, 9.17) is 14.6 Å². The number of aromatic carboxylic acids is 1. The third-order valence-electron chi connectivity index (χ3n) is 6.66. The van der Waals surface area contributed by atoms with Gasteiger partial charge in [-0.2, -0.15) is 0 Å². The van der Waals surface area contributed by atoms with Crippen molar-refractivity contribution in [2.24, 2.45) is 0 Å². The number of thiophene rings is 1. The van der Waals surface area contributed by atoms with Crippen LogP contribution in [-0.2, 0) is 15.9 Å². The van der Waals surface area contributed by atoms with E-state index < -0.39 is 23.8 Å². The summed E-state index contributed by atoms with van der Waals surface area (Å²) in [7, 11) is 0. The Balaban J connectivity index is 1.45. The van der Waals surface area contributed by atoms with Gasteiger partial charge in [0.1, 0.15) is 11.7 Å². The molecule has 1 unspecified atom stereocenters. The number of carboxylic acid groups (broad SMARTS) is 2. The van der Waals surface area contributed by atoms with Crippen molar-refractivity contribution < 1.29 is 34.1 Å². The van der Waals surface area contributed by atoms with Crippen molar-refractivity contribution in [1.82, 2.24) is 5.32 Å². The van der Waals surface area contributed by atoms with E-state index in [-0.39, 0.29) is 18.2 Å². The standard InChI is InChI=1S/C27H28BrNO7S/c1-2-17(35-25(32)29-15-27(36-26(33)34)11-5-6-12-27)13-16-9-10-21-20(14-16)22(28)23(37-21)18-7-3-4-8-19(18)24(30)31/h3-4,7-10,14,17H,2,5-6,11-13,15H2,1H3,(H,29,32)(H,30,31)(H,33,34). The van der Waals surface area contributed by atoms with Crippen molar-refractivity contribution in [1.29, 1.82) is 0 Å². The minimum atomic E-state index is -1.34. The summed E-state index contributed by atoms with van der Waals surface area (Å²) in [6.45, 7) is 2.02. The molecule has 37 heavy (non-hydrogen) atoms. The second-order valence-electron chi connectivity index (χ2n) is 9.18. The van der Waals surface area contributed by atoms with Gasteiger partial charge in [-0.05, 0) is 71.8 Å². The Labute approximate surface area is 226 Å². The van der Waals surface area contributed by atoms with Crippen molar-refractivity contribution in [2.75, 3.05) is 6.54 Å². The zero-order valence-electron chi connectivity index (χ0n) is 20.3. The summed E-state index contributed by atoms with van der Waals surface area (Å²) >= 11 is 5.19. The first-order chi connectivity index (χ1) is 17.7. The number of carbonyl (C=O) groups is 3. The molecule has 3 N–H and O–H groups in total. The van der Waals surface area contributed by atoms with Crippen LogP contribution in [0.3, 0.4) is 0 Å². The number of rotatable bonds is 9. The van der Waals surface area contributed by atoms with Gasteiger partial charge in [0.15, 0.2) is 0 Å². The predicted molar refractivity (Wildman–Crippen MR) is 144 cm³/mol. The number of nitrogens with one attached hydrogen (secondary N) is 1. The SMILES string of the molecule is CCC(Cc1ccc2sc(-c3ccccc3C(=O)O)c(Br)c2c1)OC(=O)NCC1(OC(=O)O)CCCC1. The normalized spacial score (nSPS) is 15.3. The molecule has 0 aliphatic heterocycles. The molecule has 1 aliphatic rings. The predicted octanol–water partition coefficient (Wildman–Crippen LogP) is 7.08. The van der Waals surface area contributed by atoms with Crippen molar-refractivity contribution in [2.45, 2.75) is 57.2 Å². The van der Waals surface area contributed by atoms with Gasteiger partial charge < -0.3 is 25.0 Å². The van der Waals surface area contributed by atoms with E-state index in [1.54, 1.807) is 18.2 Å². The molecule has 1 aliphatic carbocycles. The maximum absolute atomic E-state index is 12.5. The van der Waals surface area contributed by atoms with Gasteiger partial charge >= 0.3 is 18.2 Å². The van der Waals surface area contributed by atoms with Crippen LogP contribution in [0.15, 0.2) is 46.9 Å². The van der Waals surface area contributed by atoms with Gasteiger partial charge in [0, 0.05) is 26.5 Å². The summed E-state index contributed by atoms with van der Waals surface area (Å²) in [5.74, 6) is -0.977. The van der Waals surface area contributed by atoms with E-state index in [0.29, 0.717) is 31.2 Å². The van der Waals surface area contributed by atoms with Gasteiger partial charge in [-0.1, -0.05) is 31.2 Å². The fourth-order valence-corrected chi connectivity index (χ4v) is 6.79. The highest BCUT2D eigenvalue weighted by Gasteiger charge is 2.38. The smallest absolute Gasteiger partial charge is 0.478 e. The topological polar surface area (TPSA) is 122 Å². The van der Waals surface area contributed by atoms with Crippen molar-refractivity contribution >= 4 is 55.6 Å². The first-order valence-corrected chi connectivity index (χ1v) is 13.7. The molecule has 1 aromatic heterocycles. The minimum absolute atomic E-state index is 0.0863. The number of carbonyl (C=O) groups excluding carboxylic acids is 1. The molecule has 0 bridgehead atoms. The third-order valence-corrected chi connectivity index (χ3v) is 8.95. The Morgan fingerprint density at radius 2 is 1.86 bits per heavy atom. The highest BCUT2D eigenvalue weighted by atomic mass is 79.9. The van der Waals surface area contributed by atoms with E-state index in [1.165, 1.54) is 11.3 Å². The lowest BCUT2D eigenvalue weighted by Crippen LogP contribution is -2.45. The lowest BCUT2D eigenvalue weighted by molar-refractivity contribution is -0.0154. The van der Waals surface area contributed by atoms with Crippen LogP contribution < -0.4 is 5.32 Å². The molecular weight excluding hydrogens is 562 g/mol. The highest BCUT2D eigenvalue weighted by Crippen LogP contribution is 2.43. The summed E-state index contributed by atoms with van der Waals surface area (Å²) < 4.78 is 12.6. The molecule has 2 aromatic carbocycles. The number of amides is 1. The molecule has 8 nitrogen and oxygen atoms in total. The number of carboxylic acids is 1. The van der Waals surface area contributed by atoms with Gasteiger partial charge in [0.25, 0.3) is 0 Å². The van der Waals surface area contributed by atoms with Gasteiger partial charge in [-0.3, -0.25) is 0 Å². The average Bonchev–Trinajstić information content (AvgIpc) is 3.46. The Kier molecular flexibility index (Phi) is 8.39. The average molecular weight is 590 g/mol. The quantitative estimate of drug-likeness (QED) is 0.228. The number of fused-ring (bicyclic) bond motifs is 1. The first kappa shape index (κ1) is 26.9. The fraction of sp³-hybridized carbons (Fsp3) is 0.370. The number of hydrogen-bond acceptors (Lipinski definition) is 6. The second-order valence-corrected chi connectivity index (χ2v) is 11.0. The molecule has 3 aromatic rings. The molecule has 1 saturated carbocycles. The molecule has 10 heteroatoms. The summed E-state index contributed by atoms with van der Waals surface area (Å²) in [4.78, 5) is 36.2. The van der Waals surface area contributed by atoms with Crippen LogP contribution in [0.4, 0.5) is 9.59 Å². The van der Waals surface area contributed by atoms with Crippen molar-refractivity contribution in [3.8, 4) is 10.4 Å². The van der Waals surface area contributed by atoms with E-state index >= 15 is 0 Å². The van der Waals surface area contributed by atoms with Crippen LogP contribution in [0.25, 0.3) is 20.5 Å². The summed E-state index contributed by atoms with van der Waals surface area (Å²) in [5.41, 5.74) is 0.988. The van der Waals surface area contributed by atoms with Gasteiger partial charge in [0.05, 0.1) is 17.0 Å². The van der Waals surface area contributed by atoms with Crippen LogP contribution in [0.1, 0.15) is 54.9 Å². The lowest BCUT2D eigenvalue weighted by atomic mass is 10.0. The fourth-order valence-electron chi connectivity index (χ4n) is 4.76. The molecule has 1 amide bonds. The molecule has 196 valence electrons. The summed E-state index contributed by atoms with van der Waals surface area (Å²) in [6.07, 6.45) is 1.64. The highest BCUT2D eigenvalue weighted by molar-refractivity contribution is 9.10. The van der Waals surface area contributed by atoms with Gasteiger partial charge in [-0.15, -0.1) is 11.3 Å². The van der Waals surface area contributed by atoms with E-state index in [2.05, 4.69) is 21.2 Å². The molecule has 1 heterocycles. The molecule has 1 atom stereocenters. The third kappa shape index (κ3) is 6.24. The zero-order chi connectivity index (χ0) is 26.6. The van der Waals surface area contributed by atoms with Crippen LogP contribution >= 0.6 is 27.3 Å². The molecule has 1 fully saturated rings. The largest absolute Gasteiger partial charge is 0.506 e. The number of hydrogen-bond donors (Lipinski definition) is 3. The van der Waals surface area contributed by atoms with Crippen LogP contribution in [0.2, 0.25) is 0 Å². The van der Waals surface area contributed by atoms with E-state index in [0.717, 1.165) is 37.8 Å². The number of alkyl carbamates (subject to hydrolysis) is 1. The summed E-state index contributed by atoms with van der Waals surface area (Å²) in [6, 6.07) is 12.9. The van der Waals surface area contributed by atoms with Crippen LogP contribution in [0.5, 0.6) is 0 Å². The Bertz CT molecular complexity index is 1320. The Morgan fingerprint density at radius 1 is 1.14 bits per heavy atom. The Morgan fingerprint density at radius 3 is 2.54 bits per heavy atom. The maximum atomic E-state index is 12.5. The Hall–Kier alpha value is -3.11. The second kappa shape index (κ2) is 11.5. The van der Waals surface area contributed by atoms with E-state index in [1.807, 2.05) is 31.2 Å². The van der Waals surface area contributed by atoms with Crippen LogP contribution in [0, 0.1) is 0 Å². The molecule has 0 radical (unpaired) electrons. The van der Waals surface area contributed by atoms with Crippen molar-refractivity contribution in [3.05, 3.63) is 58.1 Å². The molecule has 4 rings (SSSR count). The maximum Gasteiger partial charge on any atom is 0.506 e. The number of ether oxygens (including phenoxy) is 2. The number of benzene rings is 2. The van der Waals surface area contributed by atoms with E-state index in [9.17, 15) is 19.5 Å². The summed E-state index contributed by atoms with van der Waals surface area (Å²) in [5, 5.41) is 22.3. The van der Waals surface area contributed by atoms with Crippen molar-refractivity contribution in [3.63, 3.8) is 0 Å². The zero-order valence-corrected chi connectivity index (χ0v) is 22.7. The molecular formula is C27H28BrNO7S. The van der Waals surface area contributed by atoms with Crippen LogP contribution in [-0.4, -0.2) is 46.7 Å². The lowest BCUT2D eigenvalue weighted by Gasteiger charge is -2.28. The number of halogens is 1. The van der Waals surface area contributed by atoms with Gasteiger partial charge in [-0.25, -0.2) is 14.4 Å². The first-order valence-electron chi connectivity index (χ1n) is 12.1.